The minimum atomic E-state index is -1.85. The maximum atomic E-state index is 12.8. The van der Waals surface area contributed by atoms with Crippen LogP contribution in [0.1, 0.15) is 18.4 Å². The second-order valence-corrected chi connectivity index (χ2v) is 9.56. The average molecular weight is 507 g/mol. The van der Waals surface area contributed by atoms with Gasteiger partial charge in [-0.1, -0.05) is 23.9 Å². The van der Waals surface area contributed by atoms with Crippen LogP contribution in [0.2, 0.25) is 0 Å². The Balaban J connectivity index is 1.52. The Bertz CT molecular complexity index is 1130. The monoisotopic (exact) mass is 507 g/mol. The van der Waals surface area contributed by atoms with Crippen LogP contribution in [-0.4, -0.2) is 102 Å². The van der Waals surface area contributed by atoms with E-state index in [2.05, 4.69) is 10.7 Å². The van der Waals surface area contributed by atoms with E-state index in [0.29, 0.717) is 0 Å². The average Bonchev–Trinajstić information content (AvgIpc) is 3.32. The molecule has 3 aliphatic heterocycles. The number of fused-ring (bicyclic) bond motifs is 1. The smallest absolute Gasteiger partial charge is 0.342 e. The summed E-state index contributed by atoms with van der Waals surface area (Å²) in [6.07, 6.45) is 0. The number of carboxylic acid groups (broad SMARTS) is 2. The number of aromatic hydroxyl groups is 1. The standard InChI is InChI=1S/C20H21N5O9S/c1-9(26)22-25-7-6-24(19(25)34)20(18(32)33)8-23-15(29)13(16(23)35-20)21-14(28)12(17(30)31)10-2-4-11(27)5-3-10/h2-5,12-13,16,27H,6-8H2,1H3,(H,21,28)(H,22,26)(H,30,31)(H,32,33)/t12?,13-,16-,20-/m1/s1. The van der Waals surface area contributed by atoms with Crippen molar-refractivity contribution in [2.45, 2.75) is 29.1 Å². The number of rotatable bonds is 7. The predicted octanol–water partition coefficient (Wildman–Crippen LogP) is -1.47. The number of benzene rings is 1. The third-order valence-corrected chi connectivity index (χ3v) is 7.63. The predicted molar refractivity (Wildman–Crippen MR) is 116 cm³/mol. The number of carboxylic acids is 2. The van der Waals surface area contributed by atoms with Gasteiger partial charge >= 0.3 is 18.0 Å². The Hall–Kier alpha value is -4.01. The van der Waals surface area contributed by atoms with Gasteiger partial charge in [0.05, 0.1) is 13.1 Å². The van der Waals surface area contributed by atoms with Gasteiger partial charge in [-0.15, -0.1) is 0 Å². The number of hydrogen-bond acceptors (Lipinski definition) is 8. The zero-order chi connectivity index (χ0) is 25.7. The third-order valence-electron chi connectivity index (χ3n) is 5.95. The molecule has 1 aromatic carbocycles. The number of amides is 5. The summed E-state index contributed by atoms with van der Waals surface area (Å²) in [4.78, 5) is 74.1. The number of aliphatic carboxylic acids is 2. The van der Waals surface area contributed by atoms with E-state index in [9.17, 15) is 44.1 Å². The molecule has 0 spiro atoms. The fourth-order valence-corrected chi connectivity index (χ4v) is 5.92. The molecule has 186 valence electrons. The molecule has 0 saturated carbocycles. The quantitative estimate of drug-likeness (QED) is 0.215. The molecular formula is C20H21N5O9S. The molecule has 3 saturated heterocycles. The molecule has 0 aromatic heterocycles. The van der Waals surface area contributed by atoms with Crippen molar-refractivity contribution in [1.82, 2.24) is 25.6 Å². The lowest BCUT2D eigenvalue weighted by molar-refractivity contribution is -0.153. The first-order valence-electron chi connectivity index (χ1n) is 10.4. The number of hydrogen-bond donors (Lipinski definition) is 5. The van der Waals surface area contributed by atoms with Crippen molar-refractivity contribution in [2.75, 3.05) is 19.6 Å². The van der Waals surface area contributed by atoms with E-state index >= 15 is 0 Å². The first-order valence-corrected chi connectivity index (χ1v) is 11.2. The van der Waals surface area contributed by atoms with Gasteiger partial charge in [-0.3, -0.25) is 29.5 Å². The number of phenols is 1. The van der Waals surface area contributed by atoms with E-state index < -0.39 is 57.9 Å². The Morgan fingerprint density at radius 1 is 1.11 bits per heavy atom. The van der Waals surface area contributed by atoms with Gasteiger partial charge in [0.2, 0.25) is 22.6 Å². The van der Waals surface area contributed by atoms with E-state index in [1.54, 1.807) is 0 Å². The molecule has 14 nitrogen and oxygen atoms in total. The molecule has 0 radical (unpaired) electrons. The molecule has 35 heavy (non-hydrogen) atoms. The summed E-state index contributed by atoms with van der Waals surface area (Å²) in [7, 11) is 0. The summed E-state index contributed by atoms with van der Waals surface area (Å²) in [5.41, 5.74) is 2.40. The number of hydrazine groups is 1. The van der Waals surface area contributed by atoms with Gasteiger partial charge in [-0.25, -0.2) is 14.6 Å². The molecule has 4 atom stereocenters. The molecule has 0 aliphatic carbocycles. The molecule has 15 heteroatoms. The van der Waals surface area contributed by atoms with Gasteiger partial charge < -0.3 is 25.5 Å². The van der Waals surface area contributed by atoms with Crippen LogP contribution in [0.4, 0.5) is 4.79 Å². The largest absolute Gasteiger partial charge is 0.508 e. The normalized spacial score (nSPS) is 26.1. The highest BCUT2D eigenvalue weighted by Gasteiger charge is 2.66. The van der Waals surface area contributed by atoms with E-state index in [-0.39, 0.29) is 30.9 Å². The van der Waals surface area contributed by atoms with Crippen molar-refractivity contribution < 1.29 is 44.1 Å². The van der Waals surface area contributed by atoms with Gasteiger partial charge in [0.15, 0.2) is 5.92 Å². The number of nitrogens with zero attached hydrogens (tertiary/aromatic N) is 3. The number of urea groups is 1. The first-order chi connectivity index (χ1) is 16.5. The van der Waals surface area contributed by atoms with Gasteiger partial charge in [-0.2, -0.15) is 0 Å². The van der Waals surface area contributed by atoms with Crippen LogP contribution in [0.25, 0.3) is 0 Å². The maximum Gasteiger partial charge on any atom is 0.342 e. The van der Waals surface area contributed by atoms with Crippen LogP contribution in [-0.2, 0) is 24.0 Å². The van der Waals surface area contributed by atoms with Crippen molar-refractivity contribution in [3.05, 3.63) is 29.8 Å². The number of carbonyl (C=O) groups excluding carboxylic acids is 4. The zero-order valence-electron chi connectivity index (χ0n) is 18.2. The minimum absolute atomic E-state index is 0.0217. The van der Waals surface area contributed by atoms with Gasteiger partial charge in [-0.05, 0) is 17.7 Å². The molecule has 3 heterocycles. The lowest BCUT2D eigenvalue weighted by Gasteiger charge is -2.41. The van der Waals surface area contributed by atoms with E-state index in [0.717, 1.165) is 21.7 Å². The second-order valence-electron chi connectivity index (χ2n) is 8.17. The highest BCUT2D eigenvalue weighted by Crippen LogP contribution is 2.49. The molecule has 0 bridgehead atoms. The van der Waals surface area contributed by atoms with Crippen LogP contribution < -0.4 is 10.7 Å². The van der Waals surface area contributed by atoms with Gasteiger partial charge in [0.1, 0.15) is 17.2 Å². The number of phenolic OH excluding ortho intramolecular Hbond substituents is 1. The van der Waals surface area contributed by atoms with Crippen LogP contribution in [0.3, 0.4) is 0 Å². The Labute approximate surface area is 201 Å². The minimum Gasteiger partial charge on any atom is -0.508 e. The fraction of sp³-hybridized carbons (Fsp3) is 0.400. The SMILES string of the molecule is CC(=O)NN1CCN([C@]2(C(=O)O)CN3C(=O)[C@@H](NC(=O)C(C(=O)O)c4ccc(O)cc4)[C@H]3S2)C1=O. The molecule has 3 fully saturated rings. The summed E-state index contributed by atoms with van der Waals surface area (Å²) in [5.74, 6) is -6.74. The summed E-state index contributed by atoms with van der Waals surface area (Å²) in [6.45, 7) is 0.877. The van der Waals surface area contributed by atoms with Crippen molar-refractivity contribution in [1.29, 1.82) is 0 Å². The van der Waals surface area contributed by atoms with Crippen LogP contribution in [0.15, 0.2) is 24.3 Å². The number of carbonyl (C=O) groups is 6. The van der Waals surface area contributed by atoms with Crippen molar-refractivity contribution in [2.24, 2.45) is 0 Å². The van der Waals surface area contributed by atoms with Crippen LogP contribution in [0, 0.1) is 0 Å². The number of thioether (sulfide) groups is 1. The van der Waals surface area contributed by atoms with Gasteiger partial charge in [0.25, 0.3) is 0 Å². The molecule has 1 unspecified atom stereocenters. The molecule has 5 N–H and O–H groups in total. The van der Waals surface area contributed by atoms with E-state index in [4.69, 9.17) is 0 Å². The number of β-lactam (4-membered cyclic amide) rings is 1. The zero-order valence-corrected chi connectivity index (χ0v) is 19.0. The first kappa shape index (κ1) is 24.1. The lowest BCUT2D eigenvalue weighted by atomic mass is 9.96. The fourth-order valence-electron chi connectivity index (χ4n) is 4.28. The second kappa shape index (κ2) is 8.65. The number of nitrogens with one attached hydrogen (secondary N) is 2. The summed E-state index contributed by atoms with van der Waals surface area (Å²) in [5, 5.41) is 31.5. The third kappa shape index (κ3) is 3.96. The summed E-state index contributed by atoms with van der Waals surface area (Å²) < 4.78 is 0. The molecule has 3 aliphatic rings. The molecule has 4 rings (SSSR count). The van der Waals surface area contributed by atoms with Crippen LogP contribution >= 0.6 is 11.8 Å². The lowest BCUT2D eigenvalue weighted by Crippen LogP contribution is -2.68. The van der Waals surface area contributed by atoms with Crippen molar-refractivity contribution in [3.63, 3.8) is 0 Å². The highest BCUT2D eigenvalue weighted by molar-refractivity contribution is 8.02. The topological polar surface area (TPSA) is 197 Å². The highest BCUT2D eigenvalue weighted by atomic mass is 32.2. The van der Waals surface area contributed by atoms with E-state index in [1.165, 1.54) is 36.1 Å². The summed E-state index contributed by atoms with van der Waals surface area (Å²) >= 11 is 0.786. The molecule has 5 amide bonds. The maximum absolute atomic E-state index is 12.8. The Kier molecular flexibility index (Phi) is 5.96. The van der Waals surface area contributed by atoms with Crippen molar-refractivity contribution >= 4 is 47.5 Å². The molecule has 1 aromatic rings. The molecular weight excluding hydrogens is 486 g/mol. The Morgan fingerprint density at radius 3 is 2.34 bits per heavy atom. The van der Waals surface area contributed by atoms with Crippen molar-refractivity contribution in [3.8, 4) is 5.75 Å². The van der Waals surface area contributed by atoms with E-state index in [1.807, 2.05) is 0 Å². The van der Waals surface area contributed by atoms with Crippen LogP contribution in [0.5, 0.6) is 5.75 Å². The Morgan fingerprint density at radius 2 is 1.77 bits per heavy atom. The van der Waals surface area contributed by atoms with Gasteiger partial charge in [0, 0.05) is 13.5 Å². The summed E-state index contributed by atoms with van der Waals surface area (Å²) in [6, 6.07) is 3.03.